The molecule has 1 N–H and O–H groups in total. The van der Waals surface area contributed by atoms with Crippen LogP contribution in [0.1, 0.15) is 63.9 Å². The maximum atomic E-state index is 4.03. The fourth-order valence-electron chi connectivity index (χ4n) is 6.30. The lowest BCUT2D eigenvalue weighted by molar-refractivity contribution is -0.0904. The number of rotatable bonds is 6. The number of nitrogens with one attached hydrogen (secondary N) is 1. The third-order valence-electron chi connectivity index (χ3n) is 6.86. The van der Waals surface area contributed by atoms with Gasteiger partial charge in [-0.1, -0.05) is 50.1 Å². The zero-order chi connectivity index (χ0) is 15.0. The summed E-state index contributed by atoms with van der Waals surface area (Å²) in [7, 11) is 0. The van der Waals surface area contributed by atoms with Crippen molar-refractivity contribution in [1.29, 1.82) is 0 Å². The zero-order valence-electron chi connectivity index (χ0n) is 14.1. The first-order valence-corrected chi connectivity index (χ1v) is 9.56. The highest BCUT2D eigenvalue weighted by Gasteiger charge is 2.56. The van der Waals surface area contributed by atoms with Gasteiger partial charge >= 0.3 is 0 Å². The van der Waals surface area contributed by atoms with Crippen LogP contribution in [0, 0.1) is 23.2 Å². The summed E-state index contributed by atoms with van der Waals surface area (Å²) in [5, 5.41) is 4.03. The molecule has 4 aliphatic carbocycles. The summed E-state index contributed by atoms with van der Waals surface area (Å²) in [5.41, 5.74) is 2.08. The maximum Gasteiger partial charge on any atom is 0.0208 e. The molecular weight excluding hydrogens is 266 g/mol. The molecule has 4 saturated carbocycles. The highest BCUT2D eigenvalue weighted by molar-refractivity contribution is 5.16. The minimum absolute atomic E-state index is 0.638. The highest BCUT2D eigenvalue weighted by atomic mass is 15.0. The molecule has 4 aliphatic rings. The first-order chi connectivity index (χ1) is 10.8. The van der Waals surface area contributed by atoms with Crippen LogP contribution in [0.3, 0.4) is 0 Å². The summed E-state index contributed by atoms with van der Waals surface area (Å²) < 4.78 is 0. The second-order valence-corrected chi connectivity index (χ2v) is 8.42. The van der Waals surface area contributed by atoms with Crippen LogP contribution in [0.15, 0.2) is 30.3 Å². The van der Waals surface area contributed by atoms with Gasteiger partial charge < -0.3 is 5.32 Å². The lowest BCUT2D eigenvalue weighted by atomic mass is 9.46. The van der Waals surface area contributed by atoms with Gasteiger partial charge in [-0.15, -0.1) is 0 Å². The maximum absolute atomic E-state index is 4.03. The summed E-state index contributed by atoms with van der Waals surface area (Å²) in [6, 6.07) is 11.8. The molecule has 1 heteroatoms. The SMILES string of the molecule is CCCCC12C[C@@H]3CC(C[C@@H](C3)C1)C2NCc1ccccc1. The average molecular weight is 297 g/mol. The number of hydrogen-bond donors (Lipinski definition) is 1. The number of unbranched alkanes of at least 4 members (excludes halogenated alkanes) is 1. The van der Waals surface area contributed by atoms with Gasteiger partial charge in [0, 0.05) is 12.6 Å². The zero-order valence-corrected chi connectivity index (χ0v) is 14.1. The molecule has 4 bridgehead atoms. The Labute approximate surface area is 135 Å². The van der Waals surface area contributed by atoms with Crippen LogP contribution in [0.4, 0.5) is 0 Å². The van der Waals surface area contributed by atoms with Crippen molar-refractivity contribution in [3.63, 3.8) is 0 Å². The van der Waals surface area contributed by atoms with Gasteiger partial charge in [0.15, 0.2) is 0 Å². The summed E-state index contributed by atoms with van der Waals surface area (Å²) in [6.07, 6.45) is 11.9. The Bertz CT molecular complexity index is 480. The van der Waals surface area contributed by atoms with Crippen molar-refractivity contribution >= 4 is 0 Å². The molecule has 4 fully saturated rings. The second-order valence-electron chi connectivity index (χ2n) is 8.42. The Hall–Kier alpha value is -0.820. The second kappa shape index (κ2) is 6.00. The lowest BCUT2D eigenvalue weighted by Crippen LogP contribution is -2.61. The first kappa shape index (κ1) is 14.8. The summed E-state index contributed by atoms with van der Waals surface area (Å²) in [5.74, 6) is 3.08. The molecule has 1 aromatic rings. The van der Waals surface area contributed by atoms with Gasteiger partial charge in [0.2, 0.25) is 0 Å². The van der Waals surface area contributed by atoms with E-state index in [1.54, 1.807) is 6.42 Å². The first-order valence-electron chi connectivity index (χ1n) is 9.56. The average Bonchev–Trinajstić information content (AvgIpc) is 2.53. The molecule has 0 spiro atoms. The van der Waals surface area contributed by atoms with E-state index in [4.69, 9.17) is 0 Å². The van der Waals surface area contributed by atoms with E-state index in [-0.39, 0.29) is 0 Å². The summed E-state index contributed by atoms with van der Waals surface area (Å²) in [6.45, 7) is 3.41. The van der Waals surface area contributed by atoms with Crippen LogP contribution in [-0.4, -0.2) is 6.04 Å². The van der Waals surface area contributed by atoms with Gasteiger partial charge in [-0.25, -0.2) is 0 Å². The largest absolute Gasteiger partial charge is 0.309 e. The third kappa shape index (κ3) is 2.62. The van der Waals surface area contributed by atoms with E-state index >= 15 is 0 Å². The minimum atomic E-state index is 0.638. The molecule has 5 atom stereocenters. The van der Waals surface area contributed by atoms with E-state index in [2.05, 4.69) is 42.6 Å². The molecule has 0 aliphatic heterocycles. The van der Waals surface area contributed by atoms with Crippen LogP contribution >= 0.6 is 0 Å². The number of hydrogen-bond acceptors (Lipinski definition) is 1. The van der Waals surface area contributed by atoms with Crippen molar-refractivity contribution in [2.75, 3.05) is 0 Å². The van der Waals surface area contributed by atoms with Crippen LogP contribution in [0.2, 0.25) is 0 Å². The predicted molar refractivity (Wildman–Crippen MR) is 92.6 cm³/mol. The third-order valence-corrected chi connectivity index (χ3v) is 6.86. The highest BCUT2D eigenvalue weighted by Crippen LogP contribution is 2.61. The van der Waals surface area contributed by atoms with Crippen molar-refractivity contribution in [2.45, 2.75) is 70.9 Å². The van der Waals surface area contributed by atoms with Crippen molar-refractivity contribution in [2.24, 2.45) is 23.2 Å². The van der Waals surface area contributed by atoms with Crippen molar-refractivity contribution < 1.29 is 0 Å². The Morgan fingerprint density at radius 1 is 1.05 bits per heavy atom. The van der Waals surface area contributed by atoms with E-state index in [9.17, 15) is 0 Å². The molecule has 22 heavy (non-hydrogen) atoms. The predicted octanol–water partition coefficient (Wildman–Crippen LogP) is 5.16. The van der Waals surface area contributed by atoms with Crippen molar-refractivity contribution in [3.8, 4) is 0 Å². The van der Waals surface area contributed by atoms with Gasteiger partial charge in [-0.3, -0.25) is 0 Å². The molecular formula is C21H31N. The van der Waals surface area contributed by atoms with Crippen molar-refractivity contribution in [1.82, 2.24) is 5.32 Å². The molecule has 3 unspecified atom stereocenters. The Morgan fingerprint density at radius 2 is 1.77 bits per heavy atom. The van der Waals surface area contributed by atoms with E-state index in [0.29, 0.717) is 5.41 Å². The van der Waals surface area contributed by atoms with Crippen LogP contribution in [-0.2, 0) is 6.54 Å². The molecule has 0 saturated heterocycles. The Kier molecular flexibility index (Phi) is 4.02. The molecule has 5 rings (SSSR count). The normalized spacial score (nSPS) is 39.3. The summed E-state index contributed by atoms with van der Waals surface area (Å²) >= 11 is 0. The standard InChI is InChI=1S/C21H31N/c1-2-3-9-21-13-17-10-18(14-21)12-19(11-17)20(21)22-15-16-7-5-4-6-8-16/h4-8,17-20,22H,2-3,9-15H2,1H3/t17-,18+,19?,20?,21?. The van der Waals surface area contributed by atoms with Gasteiger partial charge in [0.05, 0.1) is 0 Å². The van der Waals surface area contributed by atoms with Gasteiger partial charge in [-0.2, -0.15) is 0 Å². The fourth-order valence-corrected chi connectivity index (χ4v) is 6.30. The molecule has 0 radical (unpaired) electrons. The van der Waals surface area contributed by atoms with Crippen LogP contribution in [0.5, 0.6) is 0 Å². The van der Waals surface area contributed by atoms with Crippen LogP contribution in [0.25, 0.3) is 0 Å². The van der Waals surface area contributed by atoms with Gasteiger partial charge in [0.1, 0.15) is 0 Å². The van der Waals surface area contributed by atoms with E-state index in [1.807, 2.05) is 0 Å². The van der Waals surface area contributed by atoms with Crippen molar-refractivity contribution in [3.05, 3.63) is 35.9 Å². The quantitative estimate of drug-likeness (QED) is 0.764. The molecule has 0 amide bonds. The Morgan fingerprint density at radius 3 is 2.45 bits per heavy atom. The molecule has 0 heterocycles. The topological polar surface area (TPSA) is 12.0 Å². The molecule has 1 aromatic carbocycles. The smallest absolute Gasteiger partial charge is 0.0208 e. The van der Waals surface area contributed by atoms with E-state index < -0.39 is 0 Å². The van der Waals surface area contributed by atoms with E-state index in [0.717, 1.165) is 30.3 Å². The minimum Gasteiger partial charge on any atom is -0.309 e. The molecule has 120 valence electrons. The molecule has 0 aromatic heterocycles. The van der Waals surface area contributed by atoms with Crippen LogP contribution < -0.4 is 5.32 Å². The lowest BCUT2D eigenvalue weighted by Gasteiger charge is -2.62. The van der Waals surface area contributed by atoms with Gasteiger partial charge in [0.25, 0.3) is 0 Å². The summed E-state index contributed by atoms with van der Waals surface area (Å²) in [4.78, 5) is 0. The number of benzene rings is 1. The fraction of sp³-hybridized carbons (Fsp3) is 0.714. The van der Waals surface area contributed by atoms with Gasteiger partial charge in [-0.05, 0) is 67.3 Å². The Balaban J connectivity index is 1.51. The van der Waals surface area contributed by atoms with E-state index in [1.165, 1.54) is 50.5 Å². The molecule has 1 nitrogen and oxygen atoms in total. The monoisotopic (exact) mass is 297 g/mol.